The van der Waals surface area contributed by atoms with Crippen molar-refractivity contribution in [1.29, 1.82) is 0 Å². The summed E-state index contributed by atoms with van der Waals surface area (Å²) in [5, 5.41) is 9.70. The Labute approximate surface area is 290 Å². The number of anilines is 3. The Morgan fingerprint density at radius 1 is 0.320 bits per heavy atom. The zero-order valence-corrected chi connectivity index (χ0v) is 27.3. The standard InChI is InChI=1S/C48H31NO/c1-2-11-37(12-3-1)49(38-25-20-32(21-26-38)35-24-29-41-36(30-35)19-18-33-10-4-5-13-40(33)41)39-27-22-34(23-28-39)45-31-46-43-15-8-9-17-47(43)50-48(46)44-16-7-6-14-42(44)45/h1-31H. The van der Waals surface area contributed by atoms with Crippen LogP contribution in [-0.4, -0.2) is 0 Å². The third-order valence-electron chi connectivity index (χ3n) is 10.0. The van der Waals surface area contributed by atoms with Crippen LogP contribution in [-0.2, 0) is 0 Å². The van der Waals surface area contributed by atoms with Gasteiger partial charge in [-0.2, -0.15) is 0 Å². The molecule has 234 valence electrons. The number of fused-ring (bicyclic) bond motifs is 8. The van der Waals surface area contributed by atoms with Crippen LogP contribution in [0, 0.1) is 0 Å². The zero-order chi connectivity index (χ0) is 33.0. The van der Waals surface area contributed by atoms with Crippen LogP contribution in [0.15, 0.2) is 192 Å². The van der Waals surface area contributed by atoms with Gasteiger partial charge in [-0.1, -0.05) is 133 Å². The van der Waals surface area contributed by atoms with E-state index in [0.29, 0.717) is 0 Å². The molecule has 0 spiro atoms. The lowest BCUT2D eigenvalue weighted by Crippen LogP contribution is -2.09. The van der Waals surface area contributed by atoms with Crippen LogP contribution in [0.3, 0.4) is 0 Å². The molecule has 10 aromatic rings. The average Bonchev–Trinajstić information content (AvgIpc) is 3.57. The molecule has 0 saturated carbocycles. The van der Waals surface area contributed by atoms with Crippen LogP contribution in [0.1, 0.15) is 0 Å². The molecular formula is C48H31NO. The summed E-state index contributed by atoms with van der Waals surface area (Å²) in [6, 6.07) is 67.5. The fourth-order valence-corrected chi connectivity index (χ4v) is 7.60. The second-order valence-electron chi connectivity index (χ2n) is 12.9. The second-order valence-corrected chi connectivity index (χ2v) is 12.9. The lowest BCUT2D eigenvalue weighted by molar-refractivity contribution is 0.672. The average molecular weight is 638 g/mol. The molecule has 1 heterocycles. The zero-order valence-electron chi connectivity index (χ0n) is 27.3. The highest BCUT2D eigenvalue weighted by atomic mass is 16.3. The van der Waals surface area contributed by atoms with Crippen LogP contribution in [0.4, 0.5) is 17.1 Å². The molecule has 0 amide bonds. The second kappa shape index (κ2) is 11.5. The molecule has 0 unspecified atom stereocenters. The summed E-state index contributed by atoms with van der Waals surface area (Å²) < 4.78 is 6.37. The normalized spacial score (nSPS) is 11.6. The maximum absolute atomic E-state index is 6.37. The molecule has 0 atom stereocenters. The van der Waals surface area contributed by atoms with Gasteiger partial charge in [0.05, 0.1) is 0 Å². The van der Waals surface area contributed by atoms with E-state index in [2.05, 4.69) is 181 Å². The fraction of sp³-hybridized carbons (Fsp3) is 0. The van der Waals surface area contributed by atoms with Gasteiger partial charge in [0.1, 0.15) is 11.2 Å². The van der Waals surface area contributed by atoms with E-state index < -0.39 is 0 Å². The Bertz CT molecular complexity index is 2850. The van der Waals surface area contributed by atoms with E-state index in [-0.39, 0.29) is 0 Å². The molecule has 50 heavy (non-hydrogen) atoms. The molecule has 2 nitrogen and oxygen atoms in total. The molecule has 0 radical (unpaired) electrons. The molecule has 10 rings (SSSR count). The lowest BCUT2D eigenvalue weighted by Gasteiger charge is -2.26. The van der Waals surface area contributed by atoms with E-state index in [4.69, 9.17) is 4.42 Å². The van der Waals surface area contributed by atoms with Crippen LogP contribution >= 0.6 is 0 Å². The van der Waals surface area contributed by atoms with Crippen molar-refractivity contribution < 1.29 is 4.42 Å². The highest BCUT2D eigenvalue weighted by Crippen LogP contribution is 2.41. The van der Waals surface area contributed by atoms with Crippen LogP contribution in [0.5, 0.6) is 0 Å². The Hall–Kier alpha value is -6.64. The lowest BCUT2D eigenvalue weighted by atomic mass is 9.95. The van der Waals surface area contributed by atoms with Gasteiger partial charge >= 0.3 is 0 Å². The van der Waals surface area contributed by atoms with Crippen molar-refractivity contribution in [2.75, 3.05) is 4.90 Å². The Morgan fingerprint density at radius 3 is 1.66 bits per heavy atom. The summed E-state index contributed by atoms with van der Waals surface area (Å²) >= 11 is 0. The van der Waals surface area contributed by atoms with Gasteiger partial charge in [0, 0.05) is 33.2 Å². The smallest absolute Gasteiger partial charge is 0.143 e. The highest BCUT2D eigenvalue weighted by Gasteiger charge is 2.17. The number of para-hydroxylation sites is 2. The minimum absolute atomic E-state index is 0.916. The van der Waals surface area contributed by atoms with E-state index in [1.165, 1.54) is 49.2 Å². The summed E-state index contributed by atoms with van der Waals surface area (Å²) in [6.07, 6.45) is 0. The molecule has 0 N–H and O–H groups in total. The first-order chi connectivity index (χ1) is 24.8. The molecule has 0 aliphatic heterocycles. The van der Waals surface area contributed by atoms with Crippen molar-refractivity contribution in [3.05, 3.63) is 188 Å². The van der Waals surface area contributed by atoms with E-state index in [0.717, 1.165) is 44.4 Å². The molecule has 0 saturated heterocycles. The molecule has 0 fully saturated rings. The van der Waals surface area contributed by atoms with E-state index in [1.807, 2.05) is 12.1 Å². The molecule has 2 heteroatoms. The van der Waals surface area contributed by atoms with E-state index >= 15 is 0 Å². The first-order valence-corrected chi connectivity index (χ1v) is 17.1. The van der Waals surface area contributed by atoms with E-state index in [9.17, 15) is 0 Å². The maximum Gasteiger partial charge on any atom is 0.143 e. The molecule has 9 aromatic carbocycles. The minimum Gasteiger partial charge on any atom is -0.455 e. The van der Waals surface area contributed by atoms with Crippen molar-refractivity contribution >= 4 is 71.3 Å². The molecule has 0 bridgehead atoms. The SMILES string of the molecule is c1ccc(N(c2ccc(-c3ccc4c(ccc5ccccc54)c3)cc2)c2ccc(-c3cc4c5ccccc5oc4c4ccccc34)cc2)cc1. The van der Waals surface area contributed by atoms with Crippen LogP contribution < -0.4 is 4.90 Å². The van der Waals surface area contributed by atoms with Gasteiger partial charge in [-0.25, -0.2) is 0 Å². The van der Waals surface area contributed by atoms with Gasteiger partial charge < -0.3 is 9.32 Å². The van der Waals surface area contributed by atoms with Gasteiger partial charge in [0.15, 0.2) is 0 Å². The quantitative estimate of drug-likeness (QED) is 0.175. The van der Waals surface area contributed by atoms with E-state index in [1.54, 1.807) is 0 Å². The monoisotopic (exact) mass is 637 g/mol. The highest BCUT2D eigenvalue weighted by molar-refractivity contribution is 6.19. The van der Waals surface area contributed by atoms with Gasteiger partial charge in [-0.05, 0) is 104 Å². The summed E-state index contributed by atoms with van der Waals surface area (Å²) in [5.41, 5.74) is 9.96. The molecule has 0 aliphatic carbocycles. The first-order valence-electron chi connectivity index (χ1n) is 17.1. The van der Waals surface area contributed by atoms with Gasteiger partial charge in [-0.3, -0.25) is 0 Å². The van der Waals surface area contributed by atoms with Crippen molar-refractivity contribution in [2.24, 2.45) is 0 Å². The number of nitrogens with zero attached hydrogens (tertiary/aromatic N) is 1. The van der Waals surface area contributed by atoms with Crippen molar-refractivity contribution in [2.45, 2.75) is 0 Å². The molecule has 1 aromatic heterocycles. The number of hydrogen-bond donors (Lipinski definition) is 0. The first kappa shape index (κ1) is 28.4. The third-order valence-corrected chi connectivity index (χ3v) is 10.0. The Balaban J connectivity index is 1.04. The van der Waals surface area contributed by atoms with Gasteiger partial charge in [0.25, 0.3) is 0 Å². The number of benzene rings is 9. The number of hydrogen-bond acceptors (Lipinski definition) is 2. The third kappa shape index (κ3) is 4.65. The van der Waals surface area contributed by atoms with Crippen LogP contribution in [0.2, 0.25) is 0 Å². The largest absolute Gasteiger partial charge is 0.455 e. The molecule has 0 aliphatic rings. The van der Waals surface area contributed by atoms with Crippen LogP contribution in [0.25, 0.3) is 76.5 Å². The predicted octanol–water partition coefficient (Wildman–Crippen LogP) is 13.8. The Kier molecular flexibility index (Phi) is 6.53. The number of rotatable bonds is 5. The minimum atomic E-state index is 0.916. The topological polar surface area (TPSA) is 16.4 Å². The van der Waals surface area contributed by atoms with Crippen molar-refractivity contribution in [1.82, 2.24) is 0 Å². The molecular weight excluding hydrogens is 607 g/mol. The van der Waals surface area contributed by atoms with Crippen molar-refractivity contribution in [3.8, 4) is 22.3 Å². The van der Waals surface area contributed by atoms with Gasteiger partial charge in [-0.15, -0.1) is 0 Å². The predicted molar refractivity (Wildman–Crippen MR) is 212 cm³/mol. The maximum atomic E-state index is 6.37. The Morgan fingerprint density at radius 2 is 0.880 bits per heavy atom. The van der Waals surface area contributed by atoms with Gasteiger partial charge in [0.2, 0.25) is 0 Å². The number of furan rings is 1. The fourth-order valence-electron chi connectivity index (χ4n) is 7.60. The summed E-state index contributed by atoms with van der Waals surface area (Å²) in [7, 11) is 0. The summed E-state index contributed by atoms with van der Waals surface area (Å²) in [5.74, 6) is 0. The summed E-state index contributed by atoms with van der Waals surface area (Å²) in [6.45, 7) is 0. The summed E-state index contributed by atoms with van der Waals surface area (Å²) in [4.78, 5) is 2.32. The van der Waals surface area contributed by atoms with Crippen molar-refractivity contribution in [3.63, 3.8) is 0 Å².